The summed E-state index contributed by atoms with van der Waals surface area (Å²) in [6, 6.07) is 6.72. The number of nitrogens with zero attached hydrogens (tertiary/aromatic N) is 3. The third kappa shape index (κ3) is 3.65. The maximum Gasteiger partial charge on any atom is 0.261 e. The lowest BCUT2D eigenvalue weighted by Gasteiger charge is -2.33. The predicted molar refractivity (Wildman–Crippen MR) is 82.8 cm³/mol. The monoisotopic (exact) mass is 333 g/mol. The molecule has 1 amide bonds. The van der Waals surface area contributed by atoms with Crippen molar-refractivity contribution < 1.29 is 23.4 Å². The SMILES string of the molecule is COc1cccc(OCC(=O)N2CCOC[C@@H]2c2nnc(C)o2)c1. The number of amides is 1. The van der Waals surface area contributed by atoms with Gasteiger partial charge in [0, 0.05) is 19.5 Å². The number of hydrogen-bond donors (Lipinski definition) is 0. The van der Waals surface area contributed by atoms with Gasteiger partial charge in [-0.2, -0.15) is 0 Å². The zero-order valence-corrected chi connectivity index (χ0v) is 13.6. The summed E-state index contributed by atoms with van der Waals surface area (Å²) in [7, 11) is 1.58. The molecule has 0 aliphatic carbocycles. The van der Waals surface area contributed by atoms with Crippen LogP contribution in [0.4, 0.5) is 0 Å². The number of carbonyl (C=O) groups excluding carboxylic acids is 1. The van der Waals surface area contributed by atoms with Gasteiger partial charge in [-0.1, -0.05) is 6.07 Å². The van der Waals surface area contributed by atoms with Crippen LogP contribution in [0.5, 0.6) is 11.5 Å². The first-order valence-corrected chi connectivity index (χ1v) is 7.61. The molecule has 1 aliphatic rings. The van der Waals surface area contributed by atoms with Crippen LogP contribution < -0.4 is 9.47 Å². The van der Waals surface area contributed by atoms with Crippen molar-refractivity contribution in [3.63, 3.8) is 0 Å². The predicted octanol–water partition coefficient (Wildman–Crippen LogP) is 1.37. The Hall–Kier alpha value is -2.61. The molecule has 24 heavy (non-hydrogen) atoms. The van der Waals surface area contributed by atoms with Crippen LogP contribution in [0.2, 0.25) is 0 Å². The van der Waals surface area contributed by atoms with E-state index in [4.69, 9.17) is 18.6 Å². The summed E-state index contributed by atoms with van der Waals surface area (Å²) in [5.41, 5.74) is 0. The van der Waals surface area contributed by atoms with Gasteiger partial charge in [0.05, 0.1) is 20.3 Å². The van der Waals surface area contributed by atoms with Gasteiger partial charge in [0.15, 0.2) is 6.61 Å². The van der Waals surface area contributed by atoms with Crippen LogP contribution in [0, 0.1) is 6.92 Å². The fourth-order valence-corrected chi connectivity index (χ4v) is 2.47. The third-order valence-electron chi connectivity index (χ3n) is 3.68. The maximum atomic E-state index is 12.5. The van der Waals surface area contributed by atoms with E-state index in [1.54, 1.807) is 37.1 Å². The molecule has 0 N–H and O–H groups in total. The fourth-order valence-electron chi connectivity index (χ4n) is 2.47. The molecule has 1 aromatic carbocycles. The van der Waals surface area contributed by atoms with E-state index >= 15 is 0 Å². The maximum absolute atomic E-state index is 12.5. The first kappa shape index (κ1) is 16.3. The highest BCUT2D eigenvalue weighted by atomic mass is 16.5. The Balaban J connectivity index is 1.65. The molecule has 0 saturated carbocycles. The second-order valence-corrected chi connectivity index (χ2v) is 5.30. The summed E-state index contributed by atoms with van der Waals surface area (Å²) in [5, 5.41) is 7.81. The third-order valence-corrected chi connectivity index (χ3v) is 3.68. The minimum Gasteiger partial charge on any atom is -0.497 e. The number of aromatic nitrogens is 2. The fraction of sp³-hybridized carbons (Fsp3) is 0.438. The summed E-state index contributed by atoms with van der Waals surface area (Å²) in [6.07, 6.45) is 0. The largest absolute Gasteiger partial charge is 0.497 e. The Bertz CT molecular complexity index is 703. The first-order chi connectivity index (χ1) is 11.7. The average molecular weight is 333 g/mol. The smallest absolute Gasteiger partial charge is 0.261 e. The minimum atomic E-state index is -0.388. The summed E-state index contributed by atoms with van der Waals surface area (Å²) < 4.78 is 21.6. The number of aryl methyl sites for hydroxylation is 1. The lowest BCUT2D eigenvalue weighted by atomic mass is 10.2. The van der Waals surface area contributed by atoms with Gasteiger partial charge in [-0.05, 0) is 12.1 Å². The van der Waals surface area contributed by atoms with Gasteiger partial charge < -0.3 is 23.5 Å². The Kier molecular flexibility index (Phi) is 4.95. The molecule has 2 heterocycles. The van der Waals surface area contributed by atoms with Crippen molar-refractivity contribution in [2.45, 2.75) is 13.0 Å². The number of benzene rings is 1. The molecule has 128 valence electrons. The molecule has 1 saturated heterocycles. The van der Waals surface area contributed by atoms with E-state index in [1.807, 2.05) is 6.07 Å². The van der Waals surface area contributed by atoms with Crippen molar-refractivity contribution >= 4 is 5.91 Å². The molecule has 1 aromatic heterocycles. The Morgan fingerprint density at radius 2 is 2.21 bits per heavy atom. The number of methoxy groups -OCH3 is 1. The average Bonchev–Trinajstić information content (AvgIpc) is 3.06. The van der Waals surface area contributed by atoms with Crippen molar-refractivity contribution in [3.8, 4) is 11.5 Å². The first-order valence-electron chi connectivity index (χ1n) is 7.61. The van der Waals surface area contributed by atoms with Gasteiger partial charge in [0.25, 0.3) is 5.91 Å². The van der Waals surface area contributed by atoms with Crippen LogP contribution in [0.1, 0.15) is 17.8 Å². The molecule has 1 fully saturated rings. The van der Waals surface area contributed by atoms with Crippen molar-refractivity contribution in [1.29, 1.82) is 0 Å². The van der Waals surface area contributed by atoms with Gasteiger partial charge in [0.2, 0.25) is 11.8 Å². The van der Waals surface area contributed by atoms with Crippen LogP contribution in [0.25, 0.3) is 0 Å². The van der Waals surface area contributed by atoms with E-state index in [2.05, 4.69) is 10.2 Å². The normalized spacial score (nSPS) is 17.6. The van der Waals surface area contributed by atoms with E-state index in [0.717, 1.165) is 0 Å². The highest BCUT2D eigenvalue weighted by molar-refractivity contribution is 5.78. The molecule has 3 rings (SSSR count). The number of rotatable bonds is 5. The van der Waals surface area contributed by atoms with Crippen molar-refractivity contribution in [3.05, 3.63) is 36.0 Å². The van der Waals surface area contributed by atoms with Gasteiger partial charge in [0.1, 0.15) is 17.5 Å². The van der Waals surface area contributed by atoms with Crippen LogP contribution in [0.3, 0.4) is 0 Å². The molecular formula is C16H19N3O5. The zero-order chi connectivity index (χ0) is 16.9. The second kappa shape index (κ2) is 7.31. The number of morpholine rings is 1. The Morgan fingerprint density at radius 3 is 2.96 bits per heavy atom. The molecule has 0 bridgehead atoms. The number of ether oxygens (including phenoxy) is 3. The summed E-state index contributed by atoms with van der Waals surface area (Å²) in [4.78, 5) is 14.2. The highest BCUT2D eigenvalue weighted by Gasteiger charge is 2.32. The van der Waals surface area contributed by atoms with E-state index < -0.39 is 0 Å². The number of carbonyl (C=O) groups is 1. The van der Waals surface area contributed by atoms with Crippen LogP contribution in [-0.4, -0.2) is 54.5 Å². The Labute approximate surface area is 139 Å². The molecule has 1 aliphatic heterocycles. The highest BCUT2D eigenvalue weighted by Crippen LogP contribution is 2.24. The van der Waals surface area contributed by atoms with Crippen molar-refractivity contribution in [2.24, 2.45) is 0 Å². The molecule has 0 unspecified atom stereocenters. The van der Waals surface area contributed by atoms with Crippen LogP contribution in [0.15, 0.2) is 28.7 Å². The van der Waals surface area contributed by atoms with Crippen molar-refractivity contribution in [1.82, 2.24) is 15.1 Å². The lowest BCUT2D eigenvalue weighted by Crippen LogP contribution is -2.45. The van der Waals surface area contributed by atoms with E-state index in [9.17, 15) is 4.79 Å². The molecule has 0 radical (unpaired) electrons. The number of hydrogen-bond acceptors (Lipinski definition) is 7. The molecular weight excluding hydrogens is 314 g/mol. The summed E-state index contributed by atoms with van der Waals surface area (Å²) in [6.45, 7) is 2.86. The molecule has 2 aromatic rings. The van der Waals surface area contributed by atoms with Gasteiger partial charge in [-0.3, -0.25) is 4.79 Å². The standard InChI is InChI=1S/C16H19N3O5/c1-11-17-18-16(24-11)14-9-22-7-6-19(14)15(20)10-23-13-5-3-4-12(8-13)21-2/h3-5,8,14H,6-7,9-10H2,1-2H3/t14-/m1/s1. The zero-order valence-electron chi connectivity index (χ0n) is 13.6. The molecule has 0 spiro atoms. The van der Waals surface area contributed by atoms with Gasteiger partial charge in [-0.15, -0.1) is 10.2 Å². The Morgan fingerprint density at radius 1 is 1.38 bits per heavy atom. The quantitative estimate of drug-likeness (QED) is 0.816. The van der Waals surface area contributed by atoms with Crippen LogP contribution >= 0.6 is 0 Å². The van der Waals surface area contributed by atoms with Gasteiger partial charge >= 0.3 is 0 Å². The summed E-state index contributed by atoms with van der Waals surface area (Å²) >= 11 is 0. The molecule has 1 atom stereocenters. The van der Waals surface area contributed by atoms with E-state index in [1.165, 1.54) is 0 Å². The molecule has 8 nitrogen and oxygen atoms in total. The summed E-state index contributed by atoms with van der Waals surface area (Å²) in [5.74, 6) is 1.91. The molecule has 8 heteroatoms. The topological polar surface area (TPSA) is 86.9 Å². The lowest BCUT2D eigenvalue weighted by molar-refractivity contribution is -0.143. The van der Waals surface area contributed by atoms with E-state index in [0.29, 0.717) is 43.0 Å². The van der Waals surface area contributed by atoms with Crippen molar-refractivity contribution in [2.75, 3.05) is 33.5 Å². The van der Waals surface area contributed by atoms with Crippen LogP contribution in [-0.2, 0) is 9.53 Å². The van der Waals surface area contributed by atoms with E-state index in [-0.39, 0.29) is 18.6 Å². The minimum absolute atomic E-state index is 0.0865. The second-order valence-electron chi connectivity index (χ2n) is 5.30. The van der Waals surface area contributed by atoms with Gasteiger partial charge in [-0.25, -0.2) is 0 Å².